The average Bonchev–Trinajstić information content (AvgIpc) is 2.38. The Kier molecular flexibility index (Phi) is 8.05. The van der Waals surface area contributed by atoms with Gasteiger partial charge in [-0.2, -0.15) is 0 Å². The smallest absolute Gasteiger partial charge is 0.320 e. The van der Waals surface area contributed by atoms with Crippen LogP contribution in [-0.2, 0) is 24.0 Å². The van der Waals surface area contributed by atoms with E-state index in [2.05, 4.69) is 14.4 Å². The molecule has 0 bridgehead atoms. The lowest BCUT2D eigenvalue weighted by molar-refractivity contribution is -0.790. The standard InChI is InChI=1S/C8H13N3O10/c9-6(8(13)14)1-2-7(12)19-3-5(21-11(17)18)4-20-10(15)16/h5-6H,1-4,9H2,(H,13,14). The van der Waals surface area contributed by atoms with E-state index in [-0.39, 0.29) is 12.8 Å². The molecule has 0 saturated carbocycles. The van der Waals surface area contributed by atoms with Gasteiger partial charge in [0.2, 0.25) is 0 Å². The number of carboxylic acids is 1. The van der Waals surface area contributed by atoms with Crippen molar-refractivity contribution in [2.75, 3.05) is 13.2 Å². The molecule has 0 aliphatic carbocycles. The Bertz CT molecular complexity index is 400. The Labute approximate surface area is 116 Å². The van der Waals surface area contributed by atoms with Gasteiger partial charge in [-0.05, 0) is 6.42 Å². The Morgan fingerprint density at radius 1 is 1.19 bits per heavy atom. The third-order valence-corrected chi connectivity index (χ3v) is 2.01. The number of hydrogen-bond donors (Lipinski definition) is 2. The number of esters is 1. The molecule has 0 saturated heterocycles. The Balaban J connectivity index is 4.14. The summed E-state index contributed by atoms with van der Waals surface area (Å²) in [4.78, 5) is 49.6. The van der Waals surface area contributed by atoms with Crippen molar-refractivity contribution in [3.8, 4) is 0 Å². The first kappa shape index (κ1) is 18.3. The summed E-state index contributed by atoms with van der Waals surface area (Å²) in [5, 5.41) is 26.1. The van der Waals surface area contributed by atoms with Gasteiger partial charge in [-0.25, -0.2) is 0 Å². The molecular formula is C8H13N3O10. The molecule has 13 heteroatoms. The molecule has 0 aromatic carbocycles. The molecule has 0 aliphatic heterocycles. The maximum Gasteiger partial charge on any atom is 0.320 e. The van der Waals surface area contributed by atoms with Gasteiger partial charge in [-0.15, -0.1) is 20.2 Å². The predicted octanol–water partition coefficient (Wildman–Crippen LogP) is -1.49. The van der Waals surface area contributed by atoms with Crippen molar-refractivity contribution in [1.29, 1.82) is 0 Å². The number of carboxylic acid groups (broad SMARTS) is 1. The van der Waals surface area contributed by atoms with E-state index in [9.17, 15) is 29.8 Å². The van der Waals surface area contributed by atoms with Crippen LogP contribution in [0.3, 0.4) is 0 Å². The third-order valence-electron chi connectivity index (χ3n) is 2.01. The number of aliphatic carboxylic acids is 1. The van der Waals surface area contributed by atoms with E-state index in [1.807, 2.05) is 0 Å². The number of ether oxygens (including phenoxy) is 1. The highest BCUT2D eigenvalue weighted by molar-refractivity contribution is 5.75. The molecule has 3 N–H and O–H groups in total. The number of nitrogens with zero attached hydrogens (tertiary/aromatic N) is 2. The fourth-order valence-corrected chi connectivity index (χ4v) is 1.03. The second-order valence-electron chi connectivity index (χ2n) is 3.64. The summed E-state index contributed by atoms with van der Waals surface area (Å²) < 4.78 is 4.55. The second-order valence-corrected chi connectivity index (χ2v) is 3.64. The van der Waals surface area contributed by atoms with Crippen molar-refractivity contribution in [3.63, 3.8) is 0 Å². The van der Waals surface area contributed by atoms with Gasteiger partial charge in [0, 0.05) is 6.42 Å². The molecule has 0 amide bonds. The van der Waals surface area contributed by atoms with Crippen molar-refractivity contribution in [2.24, 2.45) is 5.73 Å². The fraction of sp³-hybridized carbons (Fsp3) is 0.750. The van der Waals surface area contributed by atoms with E-state index in [0.29, 0.717) is 0 Å². The number of rotatable bonds is 11. The van der Waals surface area contributed by atoms with Crippen LogP contribution in [0.4, 0.5) is 0 Å². The molecular weight excluding hydrogens is 298 g/mol. The summed E-state index contributed by atoms with van der Waals surface area (Å²) in [7, 11) is 0. The van der Waals surface area contributed by atoms with Crippen LogP contribution in [0.25, 0.3) is 0 Å². The lowest BCUT2D eigenvalue weighted by Gasteiger charge is -2.14. The van der Waals surface area contributed by atoms with Crippen molar-refractivity contribution >= 4 is 11.9 Å². The van der Waals surface area contributed by atoms with Crippen LogP contribution in [0.2, 0.25) is 0 Å². The highest BCUT2D eigenvalue weighted by Gasteiger charge is 2.19. The van der Waals surface area contributed by atoms with Crippen LogP contribution in [0.15, 0.2) is 0 Å². The van der Waals surface area contributed by atoms with E-state index >= 15 is 0 Å². The number of nitrogens with two attached hydrogens (primary N) is 1. The van der Waals surface area contributed by atoms with Crippen LogP contribution in [0, 0.1) is 20.2 Å². The number of carbonyl (C=O) groups excluding carboxylic acids is 1. The molecule has 0 rings (SSSR count). The van der Waals surface area contributed by atoms with Crippen LogP contribution in [0.5, 0.6) is 0 Å². The van der Waals surface area contributed by atoms with Crippen molar-refractivity contribution in [2.45, 2.75) is 25.0 Å². The SMILES string of the molecule is NC(CCC(=O)OCC(CO[N+](=O)[O-])O[N+](=O)[O-])C(=O)O. The Hall–Kier alpha value is -2.70. The summed E-state index contributed by atoms with van der Waals surface area (Å²) in [6, 6.07) is -1.25. The van der Waals surface area contributed by atoms with Crippen molar-refractivity contribution in [3.05, 3.63) is 20.2 Å². The zero-order valence-corrected chi connectivity index (χ0v) is 10.6. The summed E-state index contributed by atoms with van der Waals surface area (Å²) in [5.74, 6) is -2.18. The minimum absolute atomic E-state index is 0.194. The van der Waals surface area contributed by atoms with Gasteiger partial charge in [0.05, 0.1) is 0 Å². The molecule has 2 unspecified atom stereocenters. The van der Waals surface area contributed by atoms with E-state index in [4.69, 9.17) is 10.8 Å². The van der Waals surface area contributed by atoms with Gasteiger partial charge in [-0.1, -0.05) is 0 Å². The molecule has 0 aromatic heterocycles. The summed E-state index contributed by atoms with van der Waals surface area (Å²) in [6.45, 7) is -1.48. The monoisotopic (exact) mass is 311 g/mol. The molecule has 2 atom stereocenters. The topological polar surface area (TPSA) is 194 Å². The van der Waals surface area contributed by atoms with E-state index in [1.54, 1.807) is 0 Å². The van der Waals surface area contributed by atoms with Crippen LogP contribution in [-0.4, -0.2) is 52.6 Å². The second kappa shape index (κ2) is 9.24. The molecule has 21 heavy (non-hydrogen) atoms. The minimum Gasteiger partial charge on any atom is -0.480 e. The first-order chi connectivity index (χ1) is 9.72. The molecule has 0 aromatic rings. The molecule has 0 heterocycles. The molecule has 0 aliphatic rings. The highest BCUT2D eigenvalue weighted by Crippen LogP contribution is 2.01. The molecule has 120 valence electrons. The largest absolute Gasteiger partial charge is 0.480 e. The Morgan fingerprint density at radius 3 is 2.29 bits per heavy atom. The number of hydrogen-bond acceptors (Lipinski definition) is 10. The molecule has 13 nitrogen and oxygen atoms in total. The Morgan fingerprint density at radius 2 is 1.81 bits per heavy atom. The quantitative estimate of drug-likeness (QED) is 0.256. The van der Waals surface area contributed by atoms with Crippen molar-refractivity contribution in [1.82, 2.24) is 0 Å². The zero-order chi connectivity index (χ0) is 16.4. The highest BCUT2D eigenvalue weighted by atomic mass is 17.0. The normalized spacial score (nSPS) is 12.8. The average molecular weight is 311 g/mol. The van der Waals surface area contributed by atoms with Gasteiger partial charge in [-0.3, -0.25) is 9.59 Å². The summed E-state index contributed by atoms with van der Waals surface area (Å²) in [6.07, 6.45) is -2.02. The van der Waals surface area contributed by atoms with E-state index < -0.39 is 47.5 Å². The predicted molar refractivity (Wildman–Crippen MR) is 60.6 cm³/mol. The first-order valence-electron chi connectivity index (χ1n) is 5.44. The molecule has 0 radical (unpaired) electrons. The van der Waals surface area contributed by atoms with Gasteiger partial charge in [0.1, 0.15) is 19.3 Å². The number of carbonyl (C=O) groups is 2. The van der Waals surface area contributed by atoms with E-state index in [0.717, 1.165) is 0 Å². The van der Waals surface area contributed by atoms with Crippen LogP contribution < -0.4 is 5.73 Å². The van der Waals surface area contributed by atoms with Gasteiger partial charge >= 0.3 is 11.9 Å². The maximum absolute atomic E-state index is 11.2. The first-order valence-corrected chi connectivity index (χ1v) is 5.44. The van der Waals surface area contributed by atoms with Crippen LogP contribution >= 0.6 is 0 Å². The lowest BCUT2D eigenvalue weighted by Crippen LogP contribution is -2.32. The van der Waals surface area contributed by atoms with Gasteiger partial charge < -0.3 is 25.3 Å². The summed E-state index contributed by atoms with van der Waals surface area (Å²) in [5.41, 5.74) is 5.15. The fourth-order valence-electron chi connectivity index (χ4n) is 1.03. The van der Waals surface area contributed by atoms with E-state index in [1.165, 1.54) is 0 Å². The van der Waals surface area contributed by atoms with Gasteiger partial charge in [0.25, 0.3) is 10.2 Å². The zero-order valence-electron chi connectivity index (χ0n) is 10.6. The third kappa shape index (κ3) is 9.83. The maximum atomic E-state index is 11.2. The van der Waals surface area contributed by atoms with Crippen LogP contribution in [0.1, 0.15) is 12.8 Å². The van der Waals surface area contributed by atoms with Gasteiger partial charge in [0.15, 0.2) is 6.10 Å². The minimum atomic E-state index is -1.48. The van der Waals surface area contributed by atoms with Crippen molar-refractivity contribution < 1.29 is 39.3 Å². The molecule has 0 spiro atoms. The lowest BCUT2D eigenvalue weighted by atomic mass is 10.2. The summed E-state index contributed by atoms with van der Waals surface area (Å²) >= 11 is 0. The molecule has 0 fully saturated rings.